The first-order valence-corrected chi connectivity index (χ1v) is 7.23. The van der Waals surface area contributed by atoms with E-state index in [1.165, 1.54) is 41.3 Å². The molecular weight excluding hydrogens is 285 g/mol. The monoisotopic (exact) mass is 295 g/mol. The number of benzene rings is 1. The van der Waals surface area contributed by atoms with Crippen LogP contribution in [0.1, 0.15) is 11.1 Å². The molecule has 0 amide bonds. The molecule has 1 heterocycles. The van der Waals surface area contributed by atoms with Crippen molar-refractivity contribution in [1.29, 1.82) is 0 Å². The quantitative estimate of drug-likeness (QED) is 0.675. The molecule has 0 atom stereocenters. The molecule has 1 aromatic heterocycles. The second-order valence-electron chi connectivity index (χ2n) is 3.65. The van der Waals surface area contributed by atoms with Crippen molar-refractivity contribution >= 4 is 35.1 Å². The van der Waals surface area contributed by atoms with Crippen molar-refractivity contribution in [2.45, 2.75) is 10.1 Å². The number of hydrogen-bond acceptors (Lipinski definition) is 4. The first-order chi connectivity index (χ1) is 9.13. The van der Waals surface area contributed by atoms with Gasteiger partial charge in [-0.15, -0.1) is 11.3 Å². The van der Waals surface area contributed by atoms with Crippen molar-refractivity contribution in [2.24, 2.45) is 0 Å². The van der Waals surface area contributed by atoms with Crippen LogP contribution in [-0.2, 0) is 10.5 Å². The summed E-state index contributed by atoms with van der Waals surface area (Å²) in [4.78, 5) is 14.6. The number of aromatic nitrogens is 1. The third-order valence-electron chi connectivity index (χ3n) is 2.17. The molecule has 0 radical (unpaired) electrons. The van der Waals surface area contributed by atoms with Gasteiger partial charge in [0.1, 0.15) is 10.2 Å². The number of nitrogens with zero attached hydrogens (tertiary/aromatic N) is 1. The minimum absolute atomic E-state index is 0.373. The van der Waals surface area contributed by atoms with Crippen molar-refractivity contribution < 1.29 is 14.3 Å². The number of carboxylic acid groups (broad SMARTS) is 1. The lowest BCUT2D eigenvalue weighted by molar-refractivity contribution is -0.131. The van der Waals surface area contributed by atoms with Crippen LogP contribution in [-0.4, -0.2) is 16.1 Å². The maximum absolute atomic E-state index is 13.4. The molecule has 0 saturated heterocycles. The first-order valence-electron chi connectivity index (χ1n) is 5.36. The fraction of sp³-hybridized carbons (Fsp3) is 0.0769. The SMILES string of the molecule is O=C(O)C=Cc1cc(F)cc(CSc2nccs2)c1. The summed E-state index contributed by atoms with van der Waals surface area (Å²) in [5, 5.41) is 10.4. The fourth-order valence-electron chi connectivity index (χ4n) is 1.45. The molecule has 19 heavy (non-hydrogen) atoms. The van der Waals surface area contributed by atoms with Crippen molar-refractivity contribution in [1.82, 2.24) is 4.98 Å². The Morgan fingerprint density at radius 2 is 2.32 bits per heavy atom. The van der Waals surface area contributed by atoms with Crippen LogP contribution in [0.3, 0.4) is 0 Å². The lowest BCUT2D eigenvalue weighted by Crippen LogP contribution is -1.88. The molecule has 0 saturated carbocycles. The molecule has 0 spiro atoms. The molecule has 6 heteroatoms. The van der Waals surface area contributed by atoms with Gasteiger partial charge in [0, 0.05) is 23.4 Å². The zero-order valence-electron chi connectivity index (χ0n) is 9.75. The summed E-state index contributed by atoms with van der Waals surface area (Å²) in [6, 6.07) is 4.51. The van der Waals surface area contributed by atoms with Crippen LogP contribution in [0.15, 0.2) is 40.2 Å². The predicted molar refractivity (Wildman–Crippen MR) is 74.7 cm³/mol. The van der Waals surface area contributed by atoms with Crippen LogP contribution in [0.5, 0.6) is 0 Å². The summed E-state index contributed by atoms with van der Waals surface area (Å²) in [6.07, 6.45) is 4.09. The number of thiazole rings is 1. The molecular formula is C13H10FNO2S2. The Morgan fingerprint density at radius 1 is 1.47 bits per heavy atom. The average molecular weight is 295 g/mol. The summed E-state index contributed by atoms with van der Waals surface area (Å²) in [5.74, 6) is -0.829. The van der Waals surface area contributed by atoms with Gasteiger partial charge in [-0.1, -0.05) is 17.8 Å². The summed E-state index contributed by atoms with van der Waals surface area (Å²) in [6.45, 7) is 0. The van der Waals surface area contributed by atoms with Crippen LogP contribution in [0, 0.1) is 5.82 Å². The van der Waals surface area contributed by atoms with Gasteiger partial charge in [-0.25, -0.2) is 14.2 Å². The number of carboxylic acids is 1. The van der Waals surface area contributed by atoms with Crippen LogP contribution >= 0.6 is 23.1 Å². The highest BCUT2D eigenvalue weighted by Crippen LogP contribution is 2.25. The van der Waals surface area contributed by atoms with Gasteiger partial charge in [0.05, 0.1) is 0 Å². The summed E-state index contributed by atoms with van der Waals surface area (Å²) in [7, 11) is 0. The van der Waals surface area contributed by atoms with E-state index in [-0.39, 0.29) is 5.82 Å². The third kappa shape index (κ3) is 4.50. The topological polar surface area (TPSA) is 50.2 Å². The molecule has 2 rings (SSSR count). The number of thioether (sulfide) groups is 1. The summed E-state index contributed by atoms with van der Waals surface area (Å²) in [5.41, 5.74) is 1.34. The standard InChI is InChI=1S/C13H10FNO2S2/c14-11-6-9(1-2-12(16)17)5-10(7-11)8-19-13-15-3-4-18-13/h1-7H,8H2,(H,16,17). The molecule has 3 nitrogen and oxygen atoms in total. The average Bonchev–Trinajstić information content (AvgIpc) is 2.86. The Balaban J connectivity index is 2.10. The predicted octanol–water partition coefficient (Wildman–Crippen LogP) is 3.67. The number of rotatable bonds is 5. The van der Waals surface area contributed by atoms with E-state index in [2.05, 4.69) is 4.98 Å². The molecule has 0 bridgehead atoms. The van der Waals surface area contributed by atoms with E-state index < -0.39 is 5.97 Å². The smallest absolute Gasteiger partial charge is 0.328 e. The van der Waals surface area contributed by atoms with Gasteiger partial charge in [-0.2, -0.15) is 0 Å². The fourth-order valence-corrected chi connectivity index (χ4v) is 3.02. The first kappa shape index (κ1) is 13.8. The summed E-state index contributed by atoms with van der Waals surface area (Å²) < 4.78 is 14.3. The van der Waals surface area contributed by atoms with Crippen molar-refractivity contribution in [2.75, 3.05) is 0 Å². The second kappa shape index (κ2) is 6.49. The second-order valence-corrected chi connectivity index (χ2v) is 5.77. The lowest BCUT2D eigenvalue weighted by Gasteiger charge is -2.02. The molecule has 0 fully saturated rings. The maximum Gasteiger partial charge on any atom is 0.328 e. The van der Waals surface area contributed by atoms with Crippen LogP contribution in [0.2, 0.25) is 0 Å². The van der Waals surface area contributed by atoms with E-state index in [0.717, 1.165) is 16.0 Å². The number of aliphatic carboxylic acids is 1. The van der Waals surface area contributed by atoms with E-state index in [4.69, 9.17) is 5.11 Å². The molecule has 1 N–H and O–H groups in total. The normalized spacial score (nSPS) is 11.0. The van der Waals surface area contributed by atoms with Gasteiger partial charge in [-0.05, 0) is 29.3 Å². The Kier molecular flexibility index (Phi) is 4.70. The minimum Gasteiger partial charge on any atom is -0.478 e. The Hall–Kier alpha value is -1.66. The van der Waals surface area contributed by atoms with Crippen molar-refractivity contribution in [3.63, 3.8) is 0 Å². The zero-order valence-corrected chi connectivity index (χ0v) is 11.4. The molecule has 2 aromatic rings. The van der Waals surface area contributed by atoms with Crippen LogP contribution < -0.4 is 0 Å². The molecule has 0 aliphatic carbocycles. The Morgan fingerprint density at radius 3 is 3.00 bits per heavy atom. The highest BCUT2D eigenvalue weighted by molar-refractivity contribution is 8.00. The number of hydrogen-bond donors (Lipinski definition) is 1. The van der Waals surface area contributed by atoms with Gasteiger partial charge >= 0.3 is 5.97 Å². The van der Waals surface area contributed by atoms with E-state index in [9.17, 15) is 9.18 Å². The number of carbonyl (C=O) groups is 1. The highest BCUT2D eigenvalue weighted by atomic mass is 32.2. The molecule has 1 aromatic carbocycles. The van der Waals surface area contributed by atoms with Crippen molar-refractivity contribution in [3.8, 4) is 0 Å². The molecule has 0 aliphatic rings. The van der Waals surface area contributed by atoms with E-state index >= 15 is 0 Å². The highest BCUT2D eigenvalue weighted by Gasteiger charge is 2.02. The molecule has 0 unspecified atom stereocenters. The Bertz CT molecular complexity index is 597. The van der Waals surface area contributed by atoms with Crippen LogP contribution in [0.25, 0.3) is 6.08 Å². The zero-order chi connectivity index (χ0) is 13.7. The minimum atomic E-state index is -1.05. The van der Waals surface area contributed by atoms with E-state index in [1.807, 2.05) is 5.38 Å². The van der Waals surface area contributed by atoms with Gasteiger partial charge in [-0.3, -0.25) is 0 Å². The third-order valence-corrected chi connectivity index (χ3v) is 4.21. The largest absolute Gasteiger partial charge is 0.478 e. The van der Waals surface area contributed by atoms with Gasteiger partial charge in [0.2, 0.25) is 0 Å². The van der Waals surface area contributed by atoms with Gasteiger partial charge < -0.3 is 5.11 Å². The van der Waals surface area contributed by atoms with Crippen LogP contribution in [0.4, 0.5) is 4.39 Å². The van der Waals surface area contributed by atoms with E-state index in [1.54, 1.807) is 12.3 Å². The lowest BCUT2D eigenvalue weighted by atomic mass is 10.1. The maximum atomic E-state index is 13.4. The molecule has 0 aliphatic heterocycles. The number of halogens is 1. The van der Waals surface area contributed by atoms with Gasteiger partial charge in [0.25, 0.3) is 0 Å². The Labute approximate surface area is 117 Å². The summed E-state index contributed by atoms with van der Waals surface area (Å²) >= 11 is 3.05. The van der Waals surface area contributed by atoms with Crippen molar-refractivity contribution in [3.05, 3.63) is 52.8 Å². The van der Waals surface area contributed by atoms with E-state index in [0.29, 0.717) is 11.3 Å². The van der Waals surface area contributed by atoms with Gasteiger partial charge in [0.15, 0.2) is 0 Å². The molecule has 98 valence electrons.